The van der Waals surface area contributed by atoms with Gasteiger partial charge in [-0.1, -0.05) is 13.3 Å². The van der Waals surface area contributed by atoms with Crippen molar-refractivity contribution in [3.63, 3.8) is 0 Å². The molecule has 1 aromatic rings. The molecule has 0 saturated carbocycles. The normalized spacial score (nSPS) is 15.2. The van der Waals surface area contributed by atoms with Crippen molar-refractivity contribution in [3.8, 4) is 0 Å². The molecular weight excluding hydrogens is 334 g/mol. The summed E-state index contributed by atoms with van der Waals surface area (Å²) in [4.78, 5) is 28.1. The minimum atomic E-state index is -4.06. The molecule has 0 aliphatic rings. The van der Waals surface area contributed by atoms with Gasteiger partial charge in [0.05, 0.1) is 19.1 Å². The molecule has 2 unspecified atom stereocenters. The van der Waals surface area contributed by atoms with Crippen LogP contribution in [0.4, 0.5) is 0 Å². The fourth-order valence-corrected chi connectivity index (χ4v) is 3.28. The average Bonchev–Trinajstić information content (AvgIpc) is 2.51. The smallest absolute Gasteiger partial charge is 0.308 e. The van der Waals surface area contributed by atoms with Gasteiger partial charge in [-0.2, -0.15) is 0 Å². The number of nitrogens with two attached hydrogens (primary N) is 1. The molecule has 8 nitrogen and oxygen atoms in total. The number of amides is 1. The summed E-state index contributed by atoms with van der Waals surface area (Å²) in [5, 5.41) is 6.43. The van der Waals surface area contributed by atoms with Gasteiger partial charge in [-0.25, -0.2) is 13.6 Å². The van der Waals surface area contributed by atoms with Gasteiger partial charge in [0.15, 0.2) is 5.25 Å². The van der Waals surface area contributed by atoms with Gasteiger partial charge in [-0.05, 0) is 31.0 Å². The van der Waals surface area contributed by atoms with Crippen LogP contribution in [-0.4, -0.2) is 37.6 Å². The Balaban J connectivity index is 3.17. The van der Waals surface area contributed by atoms with Crippen LogP contribution in [0.25, 0.3) is 0 Å². The number of carbonyl (C=O) groups excluding carboxylic acids is 2. The standard InChI is InChI=1S/C15H23N3O5S/c1-4-5-12(24(16,21)22)14(20)18-15(2,10-13(19)23-3)11-6-8-17-9-7-11/h6-9,12H,4-5,10H2,1-3H3,(H,18,20)(H2,16,21,22). The van der Waals surface area contributed by atoms with Crippen LogP contribution in [0.3, 0.4) is 0 Å². The van der Waals surface area contributed by atoms with Crippen molar-refractivity contribution in [2.45, 2.75) is 43.9 Å². The Morgan fingerprint density at radius 1 is 1.38 bits per heavy atom. The first-order valence-corrected chi connectivity index (χ1v) is 9.06. The largest absolute Gasteiger partial charge is 0.469 e. The summed E-state index contributed by atoms with van der Waals surface area (Å²) in [5.74, 6) is -1.29. The summed E-state index contributed by atoms with van der Waals surface area (Å²) >= 11 is 0. The number of hydrogen-bond acceptors (Lipinski definition) is 6. The predicted octanol–water partition coefficient (Wildman–Crippen LogP) is 0.433. The maximum Gasteiger partial charge on any atom is 0.308 e. The summed E-state index contributed by atoms with van der Waals surface area (Å²) < 4.78 is 28.0. The number of pyridine rings is 1. The number of nitrogens with one attached hydrogen (secondary N) is 1. The molecule has 2 atom stereocenters. The van der Waals surface area contributed by atoms with Crippen molar-refractivity contribution in [3.05, 3.63) is 30.1 Å². The van der Waals surface area contributed by atoms with Crippen molar-refractivity contribution >= 4 is 21.9 Å². The van der Waals surface area contributed by atoms with E-state index in [0.717, 1.165) is 0 Å². The minimum absolute atomic E-state index is 0.0926. The van der Waals surface area contributed by atoms with Crippen molar-refractivity contribution in [1.29, 1.82) is 0 Å². The molecule has 0 spiro atoms. The van der Waals surface area contributed by atoms with Crippen LogP contribution >= 0.6 is 0 Å². The van der Waals surface area contributed by atoms with Crippen molar-refractivity contribution < 1.29 is 22.7 Å². The van der Waals surface area contributed by atoms with Crippen LogP contribution in [-0.2, 0) is 29.9 Å². The van der Waals surface area contributed by atoms with Gasteiger partial charge >= 0.3 is 5.97 Å². The van der Waals surface area contributed by atoms with E-state index in [2.05, 4.69) is 15.0 Å². The molecule has 0 saturated heterocycles. The zero-order valence-electron chi connectivity index (χ0n) is 14.0. The maximum atomic E-state index is 12.5. The van der Waals surface area contributed by atoms with Gasteiger partial charge in [0.1, 0.15) is 0 Å². The Bertz CT molecular complexity index is 678. The van der Waals surface area contributed by atoms with Gasteiger partial charge in [-0.3, -0.25) is 14.6 Å². The molecule has 24 heavy (non-hydrogen) atoms. The first-order valence-electron chi connectivity index (χ1n) is 7.45. The van der Waals surface area contributed by atoms with E-state index >= 15 is 0 Å². The highest BCUT2D eigenvalue weighted by molar-refractivity contribution is 7.90. The Hall–Kier alpha value is -2.00. The molecular formula is C15H23N3O5S. The van der Waals surface area contributed by atoms with Gasteiger partial charge in [0, 0.05) is 12.4 Å². The Morgan fingerprint density at radius 2 is 1.96 bits per heavy atom. The highest BCUT2D eigenvalue weighted by Crippen LogP contribution is 2.25. The Labute approximate surface area is 141 Å². The number of aromatic nitrogens is 1. The number of nitrogens with zero attached hydrogens (tertiary/aromatic N) is 1. The van der Waals surface area contributed by atoms with E-state index in [9.17, 15) is 18.0 Å². The maximum absolute atomic E-state index is 12.5. The number of esters is 1. The van der Waals surface area contributed by atoms with Crippen molar-refractivity contribution in [2.24, 2.45) is 5.14 Å². The molecule has 0 aromatic carbocycles. The van der Waals surface area contributed by atoms with Gasteiger partial charge in [0.2, 0.25) is 15.9 Å². The van der Waals surface area contributed by atoms with E-state index in [1.54, 1.807) is 26.0 Å². The quantitative estimate of drug-likeness (QED) is 0.649. The van der Waals surface area contributed by atoms with Crippen molar-refractivity contribution in [1.82, 2.24) is 10.3 Å². The highest BCUT2D eigenvalue weighted by atomic mass is 32.2. The van der Waals surface area contributed by atoms with Crippen LogP contribution < -0.4 is 10.5 Å². The number of primary sulfonamides is 1. The Morgan fingerprint density at radius 3 is 2.42 bits per heavy atom. The van der Waals surface area contributed by atoms with Crippen molar-refractivity contribution in [2.75, 3.05) is 7.11 Å². The zero-order valence-corrected chi connectivity index (χ0v) is 14.8. The number of hydrogen-bond donors (Lipinski definition) is 2. The summed E-state index contributed by atoms with van der Waals surface area (Å²) in [6.45, 7) is 3.37. The number of ether oxygens (including phenoxy) is 1. The third-order valence-electron chi connectivity index (χ3n) is 3.68. The van der Waals surface area contributed by atoms with E-state index in [1.807, 2.05) is 0 Å². The molecule has 0 aliphatic carbocycles. The summed E-state index contributed by atoms with van der Waals surface area (Å²) in [6.07, 6.45) is 3.43. The third-order valence-corrected chi connectivity index (χ3v) is 4.92. The Kier molecular flexibility index (Phi) is 6.85. The van der Waals surface area contributed by atoms with Crippen LogP contribution in [0.2, 0.25) is 0 Å². The summed E-state index contributed by atoms with van der Waals surface area (Å²) in [7, 11) is -2.82. The average molecular weight is 357 g/mol. The number of methoxy groups -OCH3 is 1. The molecule has 0 radical (unpaired) electrons. The van der Waals surface area contributed by atoms with Crippen LogP contribution in [0.1, 0.15) is 38.7 Å². The number of carbonyl (C=O) groups is 2. The lowest BCUT2D eigenvalue weighted by molar-refractivity contribution is -0.142. The SMILES string of the molecule is CCCC(C(=O)NC(C)(CC(=O)OC)c1ccncc1)S(N)(=O)=O. The monoisotopic (exact) mass is 357 g/mol. The summed E-state index contributed by atoms with van der Waals surface area (Å²) in [5.41, 5.74) is -0.551. The molecule has 0 aliphatic heterocycles. The lowest BCUT2D eigenvalue weighted by Gasteiger charge is -2.31. The molecule has 9 heteroatoms. The molecule has 134 valence electrons. The van der Waals surface area contributed by atoms with Gasteiger partial charge in [-0.15, -0.1) is 0 Å². The molecule has 1 heterocycles. The van der Waals surface area contributed by atoms with E-state index < -0.39 is 32.7 Å². The van der Waals surface area contributed by atoms with E-state index in [1.165, 1.54) is 19.5 Å². The fourth-order valence-electron chi connectivity index (χ4n) is 2.36. The number of rotatable bonds is 8. The fraction of sp³-hybridized carbons (Fsp3) is 0.533. The van der Waals surface area contributed by atoms with Crippen LogP contribution in [0, 0.1) is 0 Å². The van der Waals surface area contributed by atoms with E-state index in [-0.39, 0.29) is 12.8 Å². The predicted molar refractivity (Wildman–Crippen MR) is 88.2 cm³/mol. The van der Waals surface area contributed by atoms with Crippen LogP contribution in [0.15, 0.2) is 24.5 Å². The second-order valence-corrected chi connectivity index (χ2v) is 7.42. The molecule has 1 rings (SSSR count). The third kappa shape index (κ3) is 5.27. The molecule has 1 amide bonds. The number of sulfonamides is 1. The lowest BCUT2D eigenvalue weighted by atomic mass is 9.89. The second-order valence-electron chi connectivity index (χ2n) is 5.68. The second kappa shape index (κ2) is 8.20. The van der Waals surface area contributed by atoms with Gasteiger partial charge < -0.3 is 10.1 Å². The highest BCUT2D eigenvalue weighted by Gasteiger charge is 2.37. The zero-order chi connectivity index (χ0) is 18.4. The van der Waals surface area contributed by atoms with E-state index in [0.29, 0.717) is 12.0 Å². The minimum Gasteiger partial charge on any atom is -0.469 e. The first-order chi connectivity index (χ1) is 11.1. The summed E-state index contributed by atoms with van der Waals surface area (Å²) in [6, 6.07) is 3.27. The molecule has 0 bridgehead atoms. The lowest BCUT2D eigenvalue weighted by Crippen LogP contribution is -2.51. The first kappa shape index (κ1) is 20.0. The van der Waals surface area contributed by atoms with E-state index in [4.69, 9.17) is 5.14 Å². The van der Waals surface area contributed by atoms with Crippen LogP contribution in [0.5, 0.6) is 0 Å². The van der Waals surface area contributed by atoms with Gasteiger partial charge in [0.25, 0.3) is 0 Å². The topological polar surface area (TPSA) is 128 Å². The molecule has 0 fully saturated rings. The molecule has 3 N–H and O–H groups in total. The molecule has 1 aromatic heterocycles.